The third-order valence-corrected chi connectivity index (χ3v) is 2.41. The fourth-order valence-corrected chi connectivity index (χ4v) is 1.49. The SMILES string of the molecule is COCCN(C)C(=O)C1CC(F)(F)CN1.Cl. The molecule has 0 saturated carbocycles. The van der Waals surface area contributed by atoms with Crippen LogP contribution < -0.4 is 5.32 Å². The van der Waals surface area contributed by atoms with E-state index in [1.165, 1.54) is 12.0 Å². The molecule has 1 fully saturated rings. The normalized spacial score (nSPS) is 22.6. The van der Waals surface area contributed by atoms with Gasteiger partial charge in [-0.1, -0.05) is 0 Å². The zero-order chi connectivity index (χ0) is 11.5. The second-order valence-electron chi connectivity index (χ2n) is 3.75. The van der Waals surface area contributed by atoms with Crippen LogP contribution in [0.2, 0.25) is 0 Å². The molecule has 1 atom stereocenters. The standard InChI is InChI=1S/C9H16F2N2O2.ClH/c1-13(3-4-15-2)8(14)7-5-9(10,11)6-12-7;/h7,12H,3-6H2,1-2H3;1H. The molecule has 1 N–H and O–H groups in total. The summed E-state index contributed by atoms with van der Waals surface area (Å²) in [7, 11) is 3.11. The van der Waals surface area contributed by atoms with E-state index in [0.717, 1.165) is 0 Å². The molecule has 1 heterocycles. The maximum absolute atomic E-state index is 12.8. The van der Waals surface area contributed by atoms with Crippen molar-refractivity contribution in [2.75, 3.05) is 33.9 Å². The van der Waals surface area contributed by atoms with Gasteiger partial charge in [0.25, 0.3) is 5.92 Å². The molecule has 1 amide bonds. The van der Waals surface area contributed by atoms with E-state index in [0.29, 0.717) is 13.2 Å². The number of nitrogens with one attached hydrogen (secondary N) is 1. The van der Waals surface area contributed by atoms with Crippen LogP contribution in [-0.4, -0.2) is 56.6 Å². The van der Waals surface area contributed by atoms with Gasteiger partial charge in [0.05, 0.1) is 19.2 Å². The summed E-state index contributed by atoms with van der Waals surface area (Å²) in [4.78, 5) is 13.0. The highest BCUT2D eigenvalue weighted by Crippen LogP contribution is 2.25. The maximum Gasteiger partial charge on any atom is 0.262 e. The fourth-order valence-electron chi connectivity index (χ4n) is 1.49. The summed E-state index contributed by atoms with van der Waals surface area (Å²) in [5.41, 5.74) is 0. The molecule has 1 rings (SSSR count). The molecule has 0 aromatic heterocycles. The minimum Gasteiger partial charge on any atom is -0.383 e. The van der Waals surface area contributed by atoms with Crippen LogP contribution in [0, 0.1) is 0 Å². The maximum atomic E-state index is 12.8. The van der Waals surface area contributed by atoms with E-state index in [-0.39, 0.29) is 18.3 Å². The van der Waals surface area contributed by atoms with Gasteiger partial charge in [-0.05, 0) is 0 Å². The van der Waals surface area contributed by atoms with Crippen molar-refractivity contribution in [1.29, 1.82) is 0 Å². The highest BCUT2D eigenvalue weighted by molar-refractivity contribution is 5.85. The van der Waals surface area contributed by atoms with Gasteiger partial charge in [-0.3, -0.25) is 10.1 Å². The number of carbonyl (C=O) groups excluding carboxylic acids is 1. The van der Waals surface area contributed by atoms with Gasteiger partial charge in [0.15, 0.2) is 0 Å². The first kappa shape index (κ1) is 15.5. The van der Waals surface area contributed by atoms with Crippen LogP contribution in [-0.2, 0) is 9.53 Å². The highest BCUT2D eigenvalue weighted by Gasteiger charge is 2.42. The average molecular weight is 259 g/mol. The molecule has 96 valence electrons. The second kappa shape index (κ2) is 6.32. The molecule has 1 aliphatic rings. The molecule has 0 aromatic rings. The predicted octanol–water partition coefficient (Wildman–Crippen LogP) is 0.510. The molecule has 0 aromatic carbocycles. The quantitative estimate of drug-likeness (QED) is 0.799. The van der Waals surface area contributed by atoms with Crippen LogP contribution in [0.1, 0.15) is 6.42 Å². The molecule has 0 radical (unpaired) electrons. The van der Waals surface area contributed by atoms with Gasteiger partial charge in [-0.2, -0.15) is 0 Å². The van der Waals surface area contributed by atoms with Gasteiger partial charge in [-0.25, -0.2) is 8.78 Å². The van der Waals surface area contributed by atoms with Gasteiger partial charge in [-0.15, -0.1) is 12.4 Å². The van der Waals surface area contributed by atoms with Gasteiger partial charge in [0, 0.05) is 27.1 Å². The Balaban J connectivity index is 0.00000225. The van der Waals surface area contributed by atoms with Crippen molar-refractivity contribution < 1.29 is 18.3 Å². The van der Waals surface area contributed by atoms with Gasteiger partial charge in [0.1, 0.15) is 0 Å². The van der Waals surface area contributed by atoms with Gasteiger partial charge >= 0.3 is 0 Å². The van der Waals surface area contributed by atoms with Crippen molar-refractivity contribution >= 4 is 18.3 Å². The zero-order valence-corrected chi connectivity index (χ0v) is 10.2. The number of nitrogens with zero attached hydrogens (tertiary/aromatic N) is 1. The summed E-state index contributed by atoms with van der Waals surface area (Å²) < 4.78 is 30.4. The summed E-state index contributed by atoms with van der Waals surface area (Å²) >= 11 is 0. The molecular formula is C9H17ClF2N2O2. The van der Waals surface area contributed by atoms with E-state index in [4.69, 9.17) is 4.74 Å². The molecule has 7 heteroatoms. The second-order valence-corrected chi connectivity index (χ2v) is 3.75. The van der Waals surface area contributed by atoms with E-state index in [2.05, 4.69) is 5.32 Å². The summed E-state index contributed by atoms with van der Waals surface area (Å²) in [5, 5.41) is 2.52. The summed E-state index contributed by atoms with van der Waals surface area (Å²) in [6, 6.07) is -0.762. The third-order valence-electron chi connectivity index (χ3n) is 2.41. The first-order valence-corrected chi connectivity index (χ1v) is 4.81. The number of alkyl halides is 2. The summed E-state index contributed by atoms with van der Waals surface area (Å²) in [5.74, 6) is -3.06. The number of rotatable bonds is 4. The van der Waals surface area contributed by atoms with Crippen molar-refractivity contribution in [1.82, 2.24) is 10.2 Å². The molecule has 1 saturated heterocycles. The number of halogens is 3. The lowest BCUT2D eigenvalue weighted by molar-refractivity contribution is -0.132. The number of hydrogen-bond acceptors (Lipinski definition) is 3. The van der Waals surface area contributed by atoms with Crippen LogP contribution in [0.3, 0.4) is 0 Å². The number of amides is 1. The molecule has 0 spiro atoms. The number of hydrogen-bond donors (Lipinski definition) is 1. The Morgan fingerprint density at radius 1 is 1.62 bits per heavy atom. The Kier molecular flexibility index (Phi) is 6.14. The van der Waals surface area contributed by atoms with Crippen molar-refractivity contribution in [3.8, 4) is 0 Å². The topological polar surface area (TPSA) is 41.6 Å². The van der Waals surface area contributed by atoms with Gasteiger partial charge in [0.2, 0.25) is 5.91 Å². The molecule has 0 aliphatic carbocycles. The molecule has 1 aliphatic heterocycles. The first-order chi connectivity index (χ1) is 6.96. The molecule has 0 bridgehead atoms. The fraction of sp³-hybridized carbons (Fsp3) is 0.889. The Morgan fingerprint density at radius 3 is 2.69 bits per heavy atom. The molecule has 16 heavy (non-hydrogen) atoms. The predicted molar refractivity (Wildman–Crippen MR) is 58.1 cm³/mol. The van der Waals surface area contributed by atoms with Crippen molar-refractivity contribution in [3.05, 3.63) is 0 Å². The van der Waals surface area contributed by atoms with E-state index < -0.39 is 24.9 Å². The average Bonchev–Trinajstić information content (AvgIpc) is 2.54. The van der Waals surface area contributed by atoms with Crippen molar-refractivity contribution in [3.63, 3.8) is 0 Å². The lowest BCUT2D eigenvalue weighted by Gasteiger charge is -2.20. The summed E-state index contributed by atoms with van der Waals surface area (Å²) in [6.45, 7) is 0.409. The van der Waals surface area contributed by atoms with Gasteiger partial charge < -0.3 is 9.64 Å². The monoisotopic (exact) mass is 258 g/mol. The van der Waals surface area contributed by atoms with E-state index in [1.807, 2.05) is 0 Å². The Bertz CT molecular complexity index is 242. The minimum absolute atomic E-state index is 0. The van der Waals surface area contributed by atoms with E-state index >= 15 is 0 Å². The van der Waals surface area contributed by atoms with Crippen molar-refractivity contribution in [2.24, 2.45) is 0 Å². The zero-order valence-electron chi connectivity index (χ0n) is 9.33. The number of ether oxygens (including phenoxy) is 1. The smallest absolute Gasteiger partial charge is 0.262 e. The number of likely N-dealkylation sites (N-methyl/N-ethyl adjacent to an activating group) is 1. The van der Waals surface area contributed by atoms with Crippen LogP contribution in [0.15, 0.2) is 0 Å². The van der Waals surface area contributed by atoms with Crippen molar-refractivity contribution in [2.45, 2.75) is 18.4 Å². The van der Waals surface area contributed by atoms with Crippen LogP contribution in [0.5, 0.6) is 0 Å². The lowest BCUT2D eigenvalue weighted by Crippen LogP contribution is -2.42. The van der Waals surface area contributed by atoms with E-state index in [1.54, 1.807) is 7.05 Å². The van der Waals surface area contributed by atoms with Crippen LogP contribution in [0.25, 0.3) is 0 Å². The molecule has 4 nitrogen and oxygen atoms in total. The minimum atomic E-state index is -2.76. The van der Waals surface area contributed by atoms with Crippen LogP contribution in [0.4, 0.5) is 8.78 Å². The largest absolute Gasteiger partial charge is 0.383 e. The Morgan fingerprint density at radius 2 is 2.25 bits per heavy atom. The van der Waals surface area contributed by atoms with Crippen LogP contribution >= 0.6 is 12.4 Å². The molecular weight excluding hydrogens is 242 g/mol. The number of methoxy groups -OCH3 is 1. The third kappa shape index (κ3) is 4.19. The summed E-state index contributed by atoms with van der Waals surface area (Å²) in [6.07, 6.45) is -0.414. The Hall–Kier alpha value is -0.460. The first-order valence-electron chi connectivity index (χ1n) is 4.81. The van der Waals surface area contributed by atoms with E-state index in [9.17, 15) is 13.6 Å². The highest BCUT2D eigenvalue weighted by atomic mass is 35.5. The molecule has 1 unspecified atom stereocenters. The Labute approximate surface area is 99.7 Å². The lowest BCUT2D eigenvalue weighted by atomic mass is 10.2. The number of carbonyl (C=O) groups is 1.